The lowest BCUT2D eigenvalue weighted by Crippen LogP contribution is -1.95. The second-order valence-electron chi connectivity index (χ2n) is 5.33. The molecule has 0 heterocycles. The molecule has 0 fully saturated rings. The normalized spacial score (nSPS) is 10.8. The van der Waals surface area contributed by atoms with Gasteiger partial charge in [-0.15, -0.1) is 0 Å². The third kappa shape index (κ3) is 2.47. The van der Waals surface area contributed by atoms with Crippen LogP contribution in [0.3, 0.4) is 0 Å². The lowest BCUT2D eigenvalue weighted by atomic mass is 9.94. The van der Waals surface area contributed by atoms with E-state index >= 15 is 0 Å². The van der Waals surface area contributed by atoms with Crippen molar-refractivity contribution < 1.29 is 4.79 Å². The molecular weight excluding hydrogens is 256 g/mol. The summed E-state index contributed by atoms with van der Waals surface area (Å²) in [4.78, 5) is 11.7. The molecule has 0 aliphatic rings. The number of Topliss-reactive ketones (excluding diaryl/α,β-unsaturated/α-hetero) is 1. The number of fused-ring (bicyclic) bond motifs is 1. The molecule has 1 heteroatoms. The average Bonchev–Trinajstić information content (AvgIpc) is 2.55. The molecule has 0 aliphatic carbocycles. The fourth-order valence-corrected chi connectivity index (χ4v) is 2.74. The Morgan fingerprint density at radius 1 is 0.857 bits per heavy atom. The van der Waals surface area contributed by atoms with Crippen molar-refractivity contribution >= 4 is 16.6 Å². The van der Waals surface area contributed by atoms with Crippen LogP contribution in [-0.2, 0) is 0 Å². The van der Waals surface area contributed by atoms with E-state index in [0.717, 1.165) is 11.1 Å². The molecule has 3 aromatic carbocycles. The topological polar surface area (TPSA) is 17.1 Å². The molecule has 0 spiro atoms. The minimum absolute atomic E-state index is 0.190. The minimum Gasteiger partial charge on any atom is -0.294 e. The highest BCUT2D eigenvalue weighted by Crippen LogP contribution is 2.30. The molecular formula is C20H18O. The van der Waals surface area contributed by atoms with Crippen LogP contribution in [0.4, 0.5) is 0 Å². The van der Waals surface area contributed by atoms with Crippen LogP contribution in [-0.4, -0.2) is 5.78 Å². The maximum atomic E-state index is 11.7. The van der Waals surface area contributed by atoms with E-state index < -0.39 is 0 Å². The second-order valence-corrected chi connectivity index (χ2v) is 5.33. The molecule has 0 N–H and O–H groups in total. The molecule has 0 saturated heterocycles. The quantitative estimate of drug-likeness (QED) is 0.584. The summed E-state index contributed by atoms with van der Waals surface area (Å²) >= 11 is 0. The number of ketones is 1. The first-order valence-corrected chi connectivity index (χ1v) is 7.32. The summed E-state index contributed by atoms with van der Waals surface area (Å²) in [5.41, 5.74) is 4.44. The van der Waals surface area contributed by atoms with Crippen molar-refractivity contribution in [3.05, 3.63) is 71.8 Å². The number of carbonyl (C=O) groups excluding carboxylic acids is 1. The first-order chi connectivity index (χ1) is 10.2. The Balaban J connectivity index is 2.13. The molecule has 0 bridgehead atoms. The number of aryl methyl sites for hydroxylation is 1. The predicted octanol–water partition coefficient (Wildman–Crippen LogP) is 5.41. The van der Waals surface area contributed by atoms with Crippen LogP contribution in [0.15, 0.2) is 60.7 Å². The van der Waals surface area contributed by atoms with Gasteiger partial charge in [0.25, 0.3) is 0 Å². The fourth-order valence-electron chi connectivity index (χ4n) is 2.74. The van der Waals surface area contributed by atoms with Gasteiger partial charge < -0.3 is 0 Å². The highest BCUT2D eigenvalue weighted by Gasteiger charge is 2.07. The Labute approximate surface area is 125 Å². The van der Waals surface area contributed by atoms with Crippen LogP contribution in [0.5, 0.6) is 0 Å². The van der Waals surface area contributed by atoms with Crippen molar-refractivity contribution in [2.75, 3.05) is 0 Å². The monoisotopic (exact) mass is 274 g/mol. The minimum atomic E-state index is 0.190. The number of hydrogen-bond donors (Lipinski definition) is 0. The lowest BCUT2D eigenvalue weighted by Gasteiger charge is -2.10. The number of benzene rings is 3. The molecule has 0 radical (unpaired) electrons. The second kappa shape index (κ2) is 5.53. The van der Waals surface area contributed by atoms with Crippen molar-refractivity contribution in [2.24, 2.45) is 0 Å². The van der Waals surface area contributed by atoms with Gasteiger partial charge in [-0.3, -0.25) is 4.79 Å². The average molecular weight is 274 g/mol. The van der Waals surface area contributed by atoms with Crippen LogP contribution in [0.1, 0.15) is 29.3 Å². The van der Waals surface area contributed by atoms with Crippen LogP contribution in [0.25, 0.3) is 21.9 Å². The van der Waals surface area contributed by atoms with E-state index in [2.05, 4.69) is 43.3 Å². The zero-order valence-electron chi connectivity index (χ0n) is 12.4. The van der Waals surface area contributed by atoms with E-state index in [-0.39, 0.29) is 5.78 Å². The van der Waals surface area contributed by atoms with E-state index in [1.165, 1.54) is 21.9 Å². The van der Waals surface area contributed by atoms with Gasteiger partial charge in [0.2, 0.25) is 0 Å². The van der Waals surface area contributed by atoms with Gasteiger partial charge in [-0.1, -0.05) is 67.6 Å². The summed E-state index contributed by atoms with van der Waals surface area (Å²) in [7, 11) is 0. The first kappa shape index (κ1) is 13.6. The Bertz CT molecular complexity index is 798. The SMILES string of the molecule is CCC(=O)c1ccc(-c2ccc(C)c3ccccc23)cc1. The molecule has 0 amide bonds. The molecule has 0 aliphatic heterocycles. The predicted molar refractivity (Wildman–Crippen MR) is 88.7 cm³/mol. The Hall–Kier alpha value is -2.41. The number of hydrogen-bond acceptors (Lipinski definition) is 1. The molecule has 0 atom stereocenters. The summed E-state index contributed by atoms with van der Waals surface area (Å²) in [5.74, 6) is 0.190. The highest BCUT2D eigenvalue weighted by atomic mass is 16.1. The largest absolute Gasteiger partial charge is 0.294 e. The van der Waals surface area contributed by atoms with Crippen LogP contribution in [0.2, 0.25) is 0 Å². The maximum absolute atomic E-state index is 11.7. The van der Waals surface area contributed by atoms with Crippen molar-refractivity contribution in [1.82, 2.24) is 0 Å². The van der Waals surface area contributed by atoms with E-state index in [1.807, 2.05) is 31.2 Å². The van der Waals surface area contributed by atoms with Gasteiger partial charge in [-0.25, -0.2) is 0 Å². The summed E-state index contributed by atoms with van der Waals surface area (Å²) in [5, 5.41) is 2.54. The Morgan fingerprint density at radius 2 is 1.52 bits per heavy atom. The zero-order chi connectivity index (χ0) is 14.8. The summed E-state index contributed by atoms with van der Waals surface area (Å²) < 4.78 is 0. The lowest BCUT2D eigenvalue weighted by molar-refractivity contribution is 0.0988. The summed E-state index contributed by atoms with van der Waals surface area (Å²) in [6, 6.07) is 20.7. The van der Waals surface area contributed by atoms with Crippen LogP contribution < -0.4 is 0 Å². The van der Waals surface area contributed by atoms with Crippen molar-refractivity contribution in [3.8, 4) is 11.1 Å². The van der Waals surface area contributed by atoms with E-state index in [9.17, 15) is 4.79 Å². The van der Waals surface area contributed by atoms with E-state index in [0.29, 0.717) is 6.42 Å². The molecule has 21 heavy (non-hydrogen) atoms. The van der Waals surface area contributed by atoms with Gasteiger partial charge in [0.05, 0.1) is 0 Å². The number of rotatable bonds is 3. The maximum Gasteiger partial charge on any atom is 0.162 e. The van der Waals surface area contributed by atoms with Crippen molar-refractivity contribution in [1.29, 1.82) is 0 Å². The molecule has 3 rings (SSSR count). The molecule has 0 unspecified atom stereocenters. The van der Waals surface area contributed by atoms with Gasteiger partial charge in [-0.05, 0) is 34.4 Å². The van der Waals surface area contributed by atoms with Crippen LogP contribution in [0, 0.1) is 6.92 Å². The van der Waals surface area contributed by atoms with Crippen LogP contribution >= 0.6 is 0 Å². The Kier molecular flexibility index (Phi) is 3.57. The highest BCUT2D eigenvalue weighted by molar-refractivity contribution is 6.00. The molecule has 3 aromatic rings. The van der Waals surface area contributed by atoms with Gasteiger partial charge >= 0.3 is 0 Å². The summed E-state index contributed by atoms with van der Waals surface area (Å²) in [6.07, 6.45) is 0.548. The number of carbonyl (C=O) groups is 1. The molecule has 0 saturated carbocycles. The third-order valence-corrected chi connectivity index (χ3v) is 3.98. The first-order valence-electron chi connectivity index (χ1n) is 7.32. The van der Waals surface area contributed by atoms with Gasteiger partial charge in [0.1, 0.15) is 0 Å². The zero-order valence-corrected chi connectivity index (χ0v) is 12.4. The Morgan fingerprint density at radius 3 is 2.19 bits per heavy atom. The van der Waals surface area contributed by atoms with E-state index in [1.54, 1.807) is 0 Å². The van der Waals surface area contributed by atoms with Gasteiger partial charge in [0, 0.05) is 12.0 Å². The standard InChI is InChI=1S/C20H18O/c1-3-20(21)16-11-9-15(10-12-16)18-13-8-14(2)17-6-4-5-7-19(17)18/h4-13H,3H2,1-2H3. The van der Waals surface area contributed by atoms with Crippen molar-refractivity contribution in [2.45, 2.75) is 20.3 Å². The molecule has 0 aromatic heterocycles. The van der Waals surface area contributed by atoms with E-state index in [4.69, 9.17) is 0 Å². The van der Waals surface area contributed by atoms with Gasteiger partial charge in [-0.2, -0.15) is 0 Å². The summed E-state index contributed by atoms with van der Waals surface area (Å²) in [6.45, 7) is 4.03. The third-order valence-electron chi connectivity index (χ3n) is 3.98. The molecule has 104 valence electrons. The smallest absolute Gasteiger partial charge is 0.162 e. The fraction of sp³-hybridized carbons (Fsp3) is 0.150. The van der Waals surface area contributed by atoms with Crippen molar-refractivity contribution in [3.63, 3.8) is 0 Å². The molecule has 1 nitrogen and oxygen atoms in total. The van der Waals surface area contributed by atoms with Gasteiger partial charge in [0.15, 0.2) is 5.78 Å².